The first-order valence-electron chi connectivity index (χ1n) is 5.48. The van der Waals surface area contributed by atoms with E-state index in [1.807, 2.05) is 6.07 Å². The molecule has 1 atom stereocenters. The summed E-state index contributed by atoms with van der Waals surface area (Å²) in [5, 5.41) is 4.03. The standard InChI is InChI=1S/C12H15N2O2/c1-3-6-12(4-2,10-5-8-16-14-10)11-13-7-9-15-11/h5-9H,3-4H2,1-2H3. The monoisotopic (exact) mass is 219 g/mol. The highest BCUT2D eigenvalue weighted by Crippen LogP contribution is 2.37. The van der Waals surface area contributed by atoms with Gasteiger partial charge in [-0.05, 0) is 12.8 Å². The Morgan fingerprint density at radius 3 is 2.75 bits per heavy atom. The van der Waals surface area contributed by atoms with E-state index in [0.29, 0.717) is 5.89 Å². The first-order chi connectivity index (χ1) is 7.83. The average Bonchev–Trinajstić information content (AvgIpc) is 2.98. The second kappa shape index (κ2) is 4.51. The summed E-state index contributed by atoms with van der Waals surface area (Å²) in [6.45, 7) is 4.18. The van der Waals surface area contributed by atoms with Crippen molar-refractivity contribution in [2.24, 2.45) is 0 Å². The molecule has 0 aliphatic rings. The van der Waals surface area contributed by atoms with Gasteiger partial charge >= 0.3 is 0 Å². The smallest absolute Gasteiger partial charge is 0.206 e. The molecule has 0 fully saturated rings. The van der Waals surface area contributed by atoms with Crippen LogP contribution in [0.2, 0.25) is 0 Å². The summed E-state index contributed by atoms with van der Waals surface area (Å²) < 4.78 is 10.4. The lowest BCUT2D eigenvalue weighted by Crippen LogP contribution is -2.28. The van der Waals surface area contributed by atoms with E-state index in [1.165, 1.54) is 0 Å². The van der Waals surface area contributed by atoms with E-state index in [2.05, 4.69) is 30.4 Å². The van der Waals surface area contributed by atoms with Crippen LogP contribution in [-0.2, 0) is 5.41 Å². The summed E-state index contributed by atoms with van der Waals surface area (Å²) in [6.07, 6.45) is 8.74. The molecule has 0 aliphatic heterocycles. The number of rotatable bonds is 5. The van der Waals surface area contributed by atoms with Gasteiger partial charge in [0.15, 0.2) is 0 Å². The Balaban J connectivity index is 2.47. The molecule has 0 bridgehead atoms. The Morgan fingerprint density at radius 2 is 2.25 bits per heavy atom. The van der Waals surface area contributed by atoms with Gasteiger partial charge in [-0.25, -0.2) is 4.98 Å². The molecular formula is C12H15N2O2. The van der Waals surface area contributed by atoms with Gasteiger partial charge < -0.3 is 8.94 Å². The van der Waals surface area contributed by atoms with Crippen molar-refractivity contribution >= 4 is 0 Å². The topological polar surface area (TPSA) is 52.1 Å². The molecule has 16 heavy (non-hydrogen) atoms. The maximum absolute atomic E-state index is 5.44. The van der Waals surface area contributed by atoms with E-state index < -0.39 is 0 Å². The third kappa shape index (κ3) is 1.64. The van der Waals surface area contributed by atoms with Crippen LogP contribution in [-0.4, -0.2) is 10.1 Å². The van der Waals surface area contributed by atoms with Gasteiger partial charge in [0.25, 0.3) is 0 Å². The van der Waals surface area contributed by atoms with Crippen molar-refractivity contribution in [2.45, 2.75) is 32.1 Å². The first-order valence-corrected chi connectivity index (χ1v) is 5.48. The number of nitrogens with zero attached hydrogens (tertiary/aromatic N) is 2. The summed E-state index contributed by atoms with van der Waals surface area (Å²) in [4.78, 5) is 4.25. The molecule has 2 aromatic heterocycles. The lowest BCUT2D eigenvalue weighted by molar-refractivity contribution is 0.350. The Hall–Kier alpha value is -1.58. The molecule has 0 saturated carbocycles. The minimum atomic E-state index is -0.370. The number of oxazole rings is 1. The summed E-state index contributed by atoms with van der Waals surface area (Å²) >= 11 is 0. The van der Waals surface area contributed by atoms with Crippen molar-refractivity contribution in [3.63, 3.8) is 0 Å². The molecule has 1 unspecified atom stereocenters. The minimum Gasteiger partial charge on any atom is -0.448 e. The lowest BCUT2D eigenvalue weighted by atomic mass is 9.77. The van der Waals surface area contributed by atoms with Crippen LogP contribution in [0.25, 0.3) is 0 Å². The summed E-state index contributed by atoms with van der Waals surface area (Å²) in [5.41, 5.74) is 0.477. The van der Waals surface area contributed by atoms with Crippen LogP contribution < -0.4 is 0 Å². The number of aromatic nitrogens is 2. The number of hydrogen-bond acceptors (Lipinski definition) is 4. The third-order valence-electron chi connectivity index (χ3n) is 2.82. The predicted molar refractivity (Wildman–Crippen MR) is 58.7 cm³/mol. The summed E-state index contributed by atoms with van der Waals surface area (Å²) in [5.74, 6) is 0.672. The third-order valence-corrected chi connectivity index (χ3v) is 2.82. The Morgan fingerprint density at radius 1 is 1.38 bits per heavy atom. The molecule has 0 aromatic carbocycles. The highest BCUT2D eigenvalue weighted by molar-refractivity contribution is 5.29. The second-order valence-electron chi connectivity index (χ2n) is 3.66. The van der Waals surface area contributed by atoms with E-state index in [-0.39, 0.29) is 5.41 Å². The highest BCUT2D eigenvalue weighted by atomic mass is 16.5. The molecular weight excluding hydrogens is 204 g/mol. The van der Waals surface area contributed by atoms with Crippen LogP contribution in [0.5, 0.6) is 0 Å². The van der Waals surface area contributed by atoms with Crippen molar-refractivity contribution in [1.82, 2.24) is 10.1 Å². The van der Waals surface area contributed by atoms with Crippen LogP contribution >= 0.6 is 0 Å². The van der Waals surface area contributed by atoms with Crippen LogP contribution in [0.3, 0.4) is 0 Å². The fraction of sp³-hybridized carbons (Fsp3) is 0.417. The maximum atomic E-state index is 5.44. The van der Waals surface area contributed by atoms with Gasteiger partial charge in [-0.3, -0.25) is 0 Å². The van der Waals surface area contributed by atoms with Crippen molar-refractivity contribution in [1.29, 1.82) is 0 Å². The molecule has 0 spiro atoms. The van der Waals surface area contributed by atoms with Crippen molar-refractivity contribution < 1.29 is 8.94 Å². The zero-order chi connectivity index (χ0) is 11.4. The molecule has 85 valence electrons. The molecule has 0 saturated heterocycles. The molecule has 2 heterocycles. The SMILES string of the molecule is CC[CH]C(CC)(c1ccon1)c1ncco1. The van der Waals surface area contributed by atoms with Gasteiger partial charge in [-0.1, -0.05) is 25.4 Å². The molecule has 4 nitrogen and oxygen atoms in total. The number of hydrogen-bond donors (Lipinski definition) is 0. The molecule has 2 aromatic rings. The zero-order valence-electron chi connectivity index (χ0n) is 9.51. The quantitative estimate of drug-likeness (QED) is 0.775. The van der Waals surface area contributed by atoms with Crippen molar-refractivity contribution in [2.75, 3.05) is 0 Å². The Kier molecular flexibility index (Phi) is 3.08. The Labute approximate surface area is 94.7 Å². The molecule has 0 N–H and O–H groups in total. The van der Waals surface area contributed by atoms with Gasteiger partial charge in [0.05, 0.1) is 17.3 Å². The van der Waals surface area contributed by atoms with Gasteiger partial charge in [0.2, 0.25) is 5.89 Å². The fourth-order valence-electron chi connectivity index (χ4n) is 2.01. The zero-order valence-corrected chi connectivity index (χ0v) is 9.51. The Bertz CT molecular complexity index is 372. The van der Waals surface area contributed by atoms with E-state index in [4.69, 9.17) is 8.94 Å². The van der Waals surface area contributed by atoms with Crippen LogP contribution in [0, 0.1) is 6.42 Å². The molecule has 1 radical (unpaired) electrons. The largest absolute Gasteiger partial charge is 0.448 e. The first kappa shape index (κ1) is 10.9. The van der Waals surface area contributed by atoms with Gasteiger partial charge in [-0.2, -0.15) is 0 Å². The van der Waals surface area contributed by atoms with E-state index >= 15 is 0 Å². The van der Waals surface area contributed by atoms with E-state index in [9.17, 15) is 0 Å². The predicted octanol–water partition coefficient (Wildman–Crippen LogP) is 2.97. The van der Waals surface area contributed by atoms with E-state index in [0.717, 1.165) is 18.5 Å². The fourth-order valence-corrected chi connectivity index (χ4v) is 2.01. The van der Waals surface area contributed by atoms with Crippen molar-refractivity contribution in [3.8, 4) is 0 Å². The molecule has 2 rings (SSSR count). The summed E-state index contributed by atoms with van der Waals surface area (Å²) in [6, 6.07) is 1.86. The minimum absolute atomic E-state index is 0.370. The summed E-state index contributed by atoms with van der Waals surface area (Å²) in [7, 11) is 0. The highest BCUT2D eigenvalue weighted by Gasteiger charge is 2.38. The van der Waals surface area contributed by atoms with Gasteiger partial charge in [-0.15, -0.1) is 0 Å². The lowest BCUT2D eigenvalue weighted by Gasteiger charge is -2.26. The molecule has 0 aliphatic carbocycles. The van der Waals surface area contributed by atoms with Crippen molar-refractivity contribution in [3.05, 3.63) is 42.8 Å². The van der Waals surface area contributed by atoms with E-state index in [1.54, 1.807) is 18.7 Å². The normalized spacial score (nSPS) is 14.9. The molecule has 0 amide bonds. The molecule has 4 heteroatoms. The van der Waals surface area contributed by atoms with Crippen LogP contribution in [0.1, 0.15) is 38.3 Å². The average molecular weight is 219 g/mol. The second-order valence-corrected chi connectivity index (χ2v) is 3.66. The van der Waals surface area contributed by atoms with Gasteiger partial charge in [0, 0.05) is 6.07 Å². The van der Waals surface area contributed by atoms with Gasteiger partial charge in [0.1, 0.15) is 12.5 Å². The maximum Gasteiger partial charge on any atom is 0.206 e. The van der Waals surface area contributed by atoms with Crippen LogP contribution in [0.15, 0.2) is 33.7 Å². The van der Waals surface area contributed by atoms with Crippen LogP contribution in [0.4, 0.5) is 0 Å².